The van der Waals surface area contributed by atoms with E-state index in [1.54, 1.807) is 6.20 Å². The number of amides is 1. The van der Waals surface area contributed by atoms with Crippen molar-refractivity contribution >= 4 is 11.6 Å². The first kappa shape index (κ1) is 10.9. The van der Waals surface area contributed by atoms with Crippen molar-refractivity contribution < 1.29 is 4.79 Å². The summed E-state index contributed by atoms with van der Waals surface area (Å²) >= 11 is 0. The predicted octanol–water partition coefficient (Wildman–Crippen LogP) is 1.67. The number of carbonyl (C=O) groups is 1. The summed E-state index contributed by atoms with van der Waals surface area (Å²) in [6, 6.07) is 1.91. The molecule has 0 saturated carbocycles. The maximum Gasteiger partial charge on any atom is 0.257 e. The fourth-order valence-corrected chi connectivity index (χ4v) is 2.03. The zero-order valence-corrected chi connectivity index (χ0v) is 9.79. The molecular weight excluding hydrogens is 202 g/mol. The molecular formula is C12H17N3O. The first-order valence-electron chi connectivity index (χ1n) is 5.66. The monoisotopic (exact) mass is 219 g/mol. The van der Waals surface area contributed by atoms with E-state index in [1.807, 2.05) is 24.9 Å². The normalized spacial score (nSPS) is 15.2. The highest BCUT2D eigenvalue weighted by atomic mass is 16.2. The summed E-state index contributed by atoms with van der Waals surface area (Å²) in [6.07, 6.45) is 3.89. The van der Waals surface area contributed by atoms with Gasteiger partial charge < -0.3 is 10.2 Å². The van der Waals surface area contributed by atoms with Gasteiger partial charge >= 0.3 is 0 Å². The molecule has 0 radical (unpaired) electrons. The number of rotatable bonds is 2. The number of aromatic nitrogens is 1. The Morgan fingerprint density at radius 1 is 1.44 bits per heavy atom. The molecule has 0 bridgehead atoms. The lowest BCUT2D eigenvalue weighted by Crippen LogP contribution is -2.28. The number of pyridine rings is 1. The smallest absolute Gasteiger partial charge is 0.257 e. The predicted molar refractivity (Wildman–Crippen MR) is 63.7 cm³/mol. The average Bonchev–Trinajstić information content (AvgIpc) is 2.81. The molecule has 4 nitrogen and oxygen atoms in total. The van der Waals surface area contributed by atoms with Crippen LogP contribution in [0.1, 0.15) is 28.9 Å². The number of carbonyl (C=O) groups excluding carboxylic acids is 1. The van der Waals surface area contributed by atoms with Gasteiger partial charge in [0.25, 0.3) is 5.91 Å². The summed E-state index contributed by atoms with van der Waals surface area (Å²) < 4.78 is 0. The molecule has 1 amide bonds. The molecule has 1 aromatic rings. The Kier molecular flexibility index (Phi) is 3.08. The third-order valence-electron chi connectivity index (χ3n) is 2.93. The van der Waals surface area contributed by atoms with Crippen LogP contribution in [0.5, 0.6) is 0 Å². The number of nitrogens with one attached hydrogen (secondary N) is 1. The van der Waals surface area contributed by atoms with Crippen LogP contribution in [-0.2, 0) is 0 Å². The van der Waals surface area contributed by atoms with Crippen LogP contribution in [-0.4, -0.2) is 35.9 Å². The van der Waals surface area contributed by atoms with Crippen LogP contribution in [0, 0.1) is 6.92 Å². The number of nitrogens with zero attached hydrogens (tertiary/aromatic N) is 2. The van der Waals surface area contributed by atoms with Crippen LogP contribution >= 0.6 is 0 Å². The van der Waals surface area contributed by atoms with Crippen molar-refractivity contribution in [1.29, 1.82) is 0 Å². The van der Waals surface area contributed by atoms with Gasteiger partial charge in [-0.15, -0.1) is 0 Å². The molecule has 0 spiro atoms. The van der Waals surface area contributed by atoms with Crippen LogP contribution in [0.2, 0.25) is 0 Å². The van der Waals surface area contributed by atoms with Crippen molar-refractivity contribution in [3.05, 3.63) is 23.5 Å². The van der Waals surface area contributed by atoms with E-state index in [1.165, 1.54) is 0 Å². The van der Waals surface area contributed by atoms with Crippen molar-refractivity contribution in [1.82, 2.24) is 9.88 Å². The molecule has 2 rings (SSSR count). The van der Waals surface area contributed by atoms with E-state index < -0.39 is 0 Å². The van der Waals surface area contributed by atoms with E-state index in [-0.39, 0.29) is 5.91 Å². The Balaban J connectivity index is 2.28. The minimum atomic E-state index is 0.0920. The summed E-state index contributed by atoms with van der Waals surface area (Å²) in [4.78, 5) is 18.3. The van der Waals surface area contributed by atoms with E-state index in [0.29, 0.717) is 5.56 Å². The van der Waals surface area contributed by atoms with Gasteiger partial charge in [-0.1, -0.05) is 0 Å². The standard InChI is InChI=1S/C12H17N3O/c1-9-7-11(13-2)10(8-14-9)12(16)15-5-3-4-6-15/h7-8H,3-6H2,1-2H3,(H,13,14). The van der Waals surface area contributed by atoms with Crippen molar-refractivity contribution in [3.63, 3.8) is 0 Å². The molecule has 2 heterocycles. The van der Waals surface area contributed by atoms with Gasteiger partial charge in [-0.25, -0.2) is 0 Å². The SMILES string of the molecule is CNc1cc(C)ncc1C(=O)N1CCCC1. The maximum atomic E-state index is 12.2. The van der Waals surface area contributed by atoms with Crippen LogP contribution in [0.4, 0.5) is 5.69 Å². The Morgan fingerprint density at radius 2 is 2.12 bits per heavy atom. The fourth-order valence-electron chi connectivity index (χ4n) is 2.03. The summed E-state index contributed by atoms with van der Waals surface area (Å²) in [5, 5.41) is 3.05. The summed E-state index contributed by atoms with van der Waals surface area (Å²) in [5.41, 5.74) is 2.46. The molecule has 1 aliphatic heterocycles. The van der Waals surface area contributed by atoms with Gasteiger partial charge in [-0.2, -0.15) is 0 Å². The van der Waals surface area contributed by atoms with Crippen molar-refractivity contribution in [2.75, 3.05) is 25.5 Å². The van der Waals surface area contributed by atoms with E-state index >= 15 is 0 Å². The summed E-state index contributed by atoms with van der Waals surface area (Å²) in [5.74, 6) is 0.0920. The number of likely N-dealkylation sites (tertiary alicyclic amines) is 1. The zero-order chi connectivity index (χ0) is 11.5. The first-order chi connectivity index (χ1) is 7.72. The Morgan fingerprint density at radius 3 is 2.75 bits per heavy atom. The van der Waals surface area contributed by atoms with Crippen molar-refractivity contribution in [3.8, 4) is 0 Å². The topological polar surface area (TPSA) is 45.2 Å². The van der Waals surface area contributed by atoms with Gasteiger partial charge in [0.2, 0.25) is 0 Å². The first-order valence-corrected chi connectivity index (χ1v) is 5.66. The average molecular weight is 219 g/mol. The second kappa shape index (κ2) is 4.51. The van der Waals surface area contributed by atoms with Gasteiger partial charge in [0.1, 0.15) is 0 Å². The van der Waals surface area contributed by atoms with Gasteiger partial charge in [-0.3, -0.25) is 9.78 Å². The largest absolute Gasteiger partial charge is 0.387 e. The minimum absolute atomic E-state index is 0.0920. The number of anilines is 1. The molecule has 4 heteroatoms. The summed E-state index contributed by atoms with van der Waals surface area (Å²) in [6.45, 7) is 3.66. The van der Waals surface area contributed by atoms with Gasteiger partial charge in [0.05, 0.1) is 11.3 Å². The number of hydrogen-bond donors (Lipinski definition) is 1. The van der Waals surface area contributed by atoms with E-state index in [4.69, 9.17) is 0 Å². The minimum Gasteiger partial charge on any atom is -0.387 e. The third-order valence-corrected chi connectivity index (χ3v) is 2.93. The zero-order valence-electron chi connectivity index (χ0n) is 9.79. The third kappa shape index (κ3) is 2.01. The Bertz CT molecular complexity index is 397. The van der Waals surface area contributed by atoms with Crippen LogP contribution in [0.3, 0.4) is 0 Å². The molecule has 1 N–H and O–H groups in total. The lowest BCUT2D eigenvalue weighted by atomic mass is 10.2. The van der Waals surface area contributed by atoms with Crippen molar-refractivity contribution in [2.45, 2.75) is 19.8 Å². The molecule has 1 fully saturated rings. The van der Waals surface area contributed by atoms with Gasteiger partial charge in [0.15, 0.2) is 0 Å². The van der Waals surface area contributed by atoms with Gasteiger partial charge in [0, 0.05) is 32.0 Å². The van der Waals surface area contributed by atoms with Crippen LogP contribution in [0.15, 0.2) is 12.3 Å². The van der Waals surface area contributed by atoms with Gasteiger partial charge in [-0.05, 0) is 25.8 Å². The summed E-state index contributed by atoms with van der Waals surface area (Å²) in [7, 11) is 1.83. The van der Waals surface area contributed by atoms with E-state index in [2.05, 4.69) is 10.3 Å². The highest BCUT2D eigenvalue weighted by Crippen LogP contribution is 2.19. The quantitative estimate of drug-likeness (QED) is 0.823. The Hall–Kier alpha value is -1.58. The van der Waals surface area contributed by atoms with E-state index in [0.717, 1.165) is 37.3 Å². The van der Waals surface area contributed by atoms with E-state index in [9.17, 15) is 4.79 Å². The van der Waals surface area contributed by atoms with Crippen LogP contribution in [0.25, 0.3) is 0 Å². The second-order valence-electron chi connectivity index (χ2n) is 4.12. The molecule has 0 aliphatic carbocycles. The molecule has 1 aromatic heterocycles. The molecule has 0 aromatic carbocycles. The molecule has 1 saturated heterocycles. The lowest BCUT2D eigenvalue weighted by Gasteiger charge is -2.17. The highest BCUT2D eigenvalue weighted by molar-refractivity contribution is 5.99. The number of hydrogen-bond acceptors (Lipinski definition) is 3. The molecule has 0 atom stereocenters. The lowest BCUT2D eigenvalue weighted by molar-refractivity contribution is 0.0793. The molecule has 1 aliphatic rings. The molecule has 86 valence electrons. The number of aryl methyl sites for hydroxylation is 1. The fraction of sp³-hybridized carbons (Fsp3) is 0.500. The molecule has 0 unspecified atom stereocenters. The maximum absolute atomic E-state index is 12.2. The molecule has 16 heavy (non-hydrogen) atoms. The van der Waals surface area contributed by atoms with Crippen molar-refractivity contribution in [2.24, 2.45) is 0 Å². The highest BCUT2D eigenvalue weighted by Gasteiger charge is 2.21. The second-order valence-corrected chi connectivity index (χ2v) is 4.12. The Labute approximate surface area is 95.7 Å². The van der Waals surface area contributed by atoms with Crippen LogP contribution < -0.4 is 5.32 Å².